The molecule has 0 radical (unpaired) electrons. The van der Waals surface area contributed by atoms with Gasteiger partial charge in [0.15, 0.2) is 0 Å². The average molecular weight is 313 g/mol. The Balaban J connectivity index is 1.96. The third kappa shape index (κ3) is 3.13. The molecule has 1 heterocycles. The number of aryl methyl sites for hydroxylation is 1. The summed E-state index contributed by atoms with van der Waals surface area (Å²) in [4.78, 5) is 23.3. The number of ether oxygens (including phenoxy) is 1. The molecule has 0 saturated heterocycles. The largest absolute Gasteiger partial charge is 0.463 e. The Morgan fingerprint density at radius 3 is 2.91 bits per heavy atom. The molecular formula is C18H19NO4. The second kappa shape index (κ2) is 6.28. The fourth-order valence-corrected chi connectivity index (χ4v) is 2.84. The van der Waals surface area contributed by atoms with E-state index in [1.165, 1.54) is 6.07 Å². The number of carbonyl (C=O) groups excluding carboxylic acids is 1. The summed E-state index contributed by atoms with van der Waals surface area (Å²) in [5.74, 6) is -0.239. The van der Waals surface area contributed by atoms with E-state index in [1.54, 1.807) is 6.07 Å². The number of allylic oxidation sites excluding steroid dienone is 1. The summed E-state index contributed by atoms with van der Waals surface area (Å²) in [5.41, 5.74) is 3.71. The van der Waals surface area contributed by atoms with Gasteiger partial charge in [-0.05, 0) is 56.9 Å². The van der Waals surface area contributed by atoms with E-state index in [2.05, 4.69) is 5.32 Å². The Hall–Kier alpha value is -2.56. The second-order valence-electron chi connectivity index (χ2n) is 5.62. The Bertz CT molecular complexity index is 848. The van der Waals surface area contributed by atoms with E-state index in [-0.39, 0.29) is 11.6 Å². The van der Waals surface area contributed by atoms with Gasteiger partial charge in [0.05, 0.1) is 12.2 Å². The van der Waals surface area contributed by atoms with Gasteiger partial charge in [-0.25, -0.2) is 9.59 Å². The number of rotatable bonds is 4. The molecule has 3 rings (SSSR count). The van der Waals surface area contributed by atoms with Crippen LogP contribution in [0.3, 0.4) is 0 Å². The molecule has 0 aliphatic heterocycles. The zero-order valence-electron chi connectivity index (χ0n) is 13.3. The molecule has 2 aromatic rings. The molecule has 1 N–H and O–H groups in total. The van der Waals surface area contributed by atoms with Crippen LogP contribution in [0.1, 0.15) is 31.7 Å². The van der Waals surface area contributed by atoms with Crippen LogP contribution < -0.4 is 10.9 Å². The summed E-state index contributed by atoms with van der Waals surface area (Å²) in [6.07, 6.45) is 2.51. The lowest BCUT2D eigenvalue weighted by molar-refractivity contribution is -0.138. The zero-order chi connectivity index (χ0) is 16.4. The minimum Gasteiger partial charge on any atom is -0.463 e. The molecule has 0 saturated carbocycles. The fraction of sp³-hybridized carbons (Fsp3) is 0.333. The highest BCUT2D eigenvalue weighted by molar-refractivity contribution is 5.91. The number of anilines is 1. The molecular weight excluding hydrogens is 294 g/mol. The van der Waals surface area contributed by atoms with Crippen molar-refractivity contribution in [3.63, 3.8) is 0 Å². The van der Waals surface area contributed by atoms with Crippen molar-refractivity contribution in [2.75, 3.05) is 11.9 Å². The van der Waals surface area contributed by atoms with E-state index in [9.17, 15) is 9.59 Å². The van der Waals surface area contributed by atoms with Gasteiger partial charge in [-0.15, -0.1) is 0 Å². The maximum Gasteiger partial charge on any atom is 0.336 e. The highest BCUT2D eigenvalue weighted by Gasteiger charge is 2.22. The topological polar surface area (TPSA) is 68.5 Å². The fourth-order valence-electron chi connectivity index (χ4n) is 2.84. The lowest BCUT2D eigenvalue weighted by Gasteiger charge is -2.13. The third-order valence-electron chi connectivity index (χ3n) is 3.99. The van der Waals surface area contributed by atoms with Crippen LogP contribution in [0.2, 0.25) is 0 Å². The molecule has 0 bridgehead atoms. The van der Waals surface area contributed by atoms with Crippen molar-refractivity contribution in [2.24, 2.45) is 0 Å². The van der Waals surface area contributed by atoms with Crippen molar-refractivity contribution in [3.8, 4) is 0 Å². The maximum absolute atomic E-state index is 12.0. The number of benzene rings is 1. The molecule has 1 aromatic carbocycles. The van der Waals surface area contributed by atoms with E-state index < -0.39 is 0 Å². The Morgan fingerprint density at radius 2 is 2.13 bits per heavy atom. The van der Waals surface area contributed by atoms with Crippen LogP contribution in [-0.4, -0.2) is 12.6 Å². The van der Waals surface area contributed by atoms with Crippen LogP contribution in [0.25, 0.3) is 11.0 Å². The van der Waals surface area contributed by atoms with Gasteiger partial charge in [0.25, 0.3) is 0 Å². The van der Waals surface area contributed by atoms with E-state index in [4.69, 9.17) is 9.15 Å². The van der Waals surface area contributed by atoms with E-state index in [0.717, 1.165) is 47.2 Å². The van der Waals surface area contributed by atoms with Crippen LogP contribution >= 0.6 is 0 Å². The van der Waals surface area contributed by atoms with Crippen LogP contribution in [0.5, 0.6) is 0 Å². The molecule has 5 nitrogen and oxygen atoms in total. The molecule has 1 aromatic heterocycles. The summed E-state index contributed by atoms with van der Waals surface area (Å²) >= 11 is 0. The standard InChI is InChI=1S/C18H19NO4/c1-3-22-18(21)13-5-4-6-14(13)19-15-10-12-7-8-17(20)23-16(12)9-11(15)2/h7-10,19H,3-6H2,1-2H3. The van der Waals surface area contributed by atoms with Crippen molar-refractivity contribution < 1.29 is 13.9 Å². The smallest absolute Gasteiger partial charge is 0.336 e. The first-order valence-corrected chi connectivity index (χ1v) is 7.79. The van der Waals surface area contributed by atoms with Crippen molar-refractivity contribution in [1.29, 1.82) is 0 Å². The molecule has 120 valence electrons. The first-order valence-electron chi connectivity index (χ1n) is 7.79. The van der Waals surface area contributed by atoms with Crippen LogP contribution in [0, 0.1) is 6.92 Å². The lowest BCUT2D eigenvalue weighted by atomic mass is 10.1. The monoisotopic (exact) mass is 313 g/mol. The number of hydrogen-bond acceptors (Lipinski definition) is 5. The van der Waals surface area contributed by atoms with Gasteiger partial charge in [-0.1, -0.05) is 0 Å². The van der Waals surface area contributed by atoms with E-state index in [1.807, 2.05) is 26.0 Å². The minimum atomic E-state index is -0.360. The minimum absolute atomic E-state index is 0.239. The van der Waals surface area contributed by atoms with Crippen LogP contribution in [0.4, 0.5) is 5.69 Å². The summed E-state index contributed by atoms with van der Waals surface area (Å²) in [6, 6.07) is 6.90. The number of hydrogen-bond donors (Lipinski definition) is 1. The molecule has 5 heteroatoms. The Kier molecular flexibility index (Phi) is 4.19. The van der Waals surface area contributed by atoms with E-state index >= 15 is 0 Å². The highest BCUT2D eigenvalue weighted by Crippen LogP contribution is 2.31. The number of fused-ring (bicyclic) bond motifs is 1. The van der Waals surface area contributed by atoms with Crippen LogP contribution in [0.15, 0.2) is 44.7 Å². The Labute approximate surface area is 133 Å². The predicted octanol–water partition coefficient (Wildman–Crippen LogP) is 3.51. The average Bonchev–Trinajstić information content (AvgIpc) is 2.97. The van der Waals surface area contributed by atoms with Gasteiger partial charge in [-0.3, -0.25) is 0 Å². The molecule has 0 amide bonds. The van der Waals surface area contributed by atoms with Gasteiger partial charge >= 0.3 is 11.6 Å². The predicted molar refractivity (Wildman–Crippen MR) is 88.4 cm³/mol. The van der Waals surface area contributed by atoms with Gasteiger partial charge < -0.3 is 14.5 Å². The van der Waals surface area contributed by atoms with Gasteiger partial charge in [-0.2, -0.15) is 0 Å². The molecule has 1 aliphatic rings. The Morgan fingerprint density at radius 1 is 1.30 bits per heavy atom. The van der Waals surface area contributed by atoms with Gasteiger partial charge in [0.2, 0.25) is 0 Å². The number of nitrogens with one attached hydrogen (secondary N) is 1. The van der Waals surface area contributed by atoms with Crippen molar-refractivity contribution in [3.05, 3.63) is 51.5 Å². The third-order valence-corrected chi connectivity index (χ3v) is 3.99. The van der Waals surface area contributed by atoms with Crippen LogP contribution in [-0.2, 0) is 9.53 Å². The summed E-state index contributed by atoms with van der Waals surface area (Å²) < 4.78 is 10.3. The second-order valence-corrected chi connectivity index (χ2v) is 5.62. The highest BCUT2D eigenvalue weighted by atomic mass is 16.5. The van der Waals surface area contributed by atoms with Crippen molar-refractivity contribution in [2.45, 2.75) is 33.1 Å². The number of carbonyl (C=O) groups is 1. The summed E-state index contributed by atoms with van der Waals surface area (Å²) in [5, 5.41) is 4.21. The summed E-state index contributed by atoms with van der Waals surface area (Å²) in [7, 11) is 0. The number of esters is 1. The maximum atomic E-state index is 12.0. The van der Waals surface area contributed by atoms with Gasteiger partial charge in [0, 0.05) is 22.8 Å². The molecule has 23 heavy (non-hydrogen) atoms. The molecule has 0 fully saturated rings. The SMILES string of the molecule is CCOC(=O)C1=C(Nc2cc3ccc(=O)oc3cc2C)CCC1. The van der Waals surface area contributed by atoms with E-state index in [0.29, 0.717) is 12.2 Å². The first-order chi connectivity index (χ1) is 11.1. The lowest BCUT2D eigenvalue weighted by Crippen LogP contribution is -2.11. The van der Waals surface area contributed by atoms with Gasteiger partial charge in [0.1, 0.15) is 5.58 Å². The van der Waals surface area contributed by atoms with Crippen molar-refractivity contribution >= 4 is 22.6 Å². The normalized spacial score (nSPS) is 14.3. The molecule has 0 atom stereocenters. The molecule has 1 aliphatic carbocycles. The first kappa shape index (κ1) is 15.3. The zero-order valence-corrected chi connectivity index (χ0v) is 13.3. The molecule has 0 spiro atoms. The quantitative estimate of drug-likeness (QED) is 0.691. The van der Waals surface area contributed by atoms with Crippen molar-refractivity contribution in [1.82, 2.24) is 0 Å². The summed E-state index contributed by atoms with van der Waals surface area (Å²) in [6.45, 7) is 4.12. The molecule has 0 unspecified atom stereocenters.